The molecule has 3 heterocycles. The highest BCUT2D eigenvalue weighted by Gasteiger charge is 2.23. The van der Waals surface area contributed by atoms with Gasteiger partial charge in [0.05, 0.1) is 6.20 Å². The highest BCUT2D eigenvalue weighted by Crippen LogP contribution is 2.34. The Bertz CT molecular complexity index is 1370. The van der Waals surface area contributed by atoms with E-state index < -0.39 is 0 Å². The molecular weight excluding hydrogens is 508 g/mol. The number of nitrogens with one attached hydrogen (secondary N) is 3. The molecule has 1 aliphatic rings. The fourth-order valence-corrected chi connectivity index (χ4v) is 5.10. The lowest BCUT2D eigenvalue weighted by Crippen LogP contribution is -2.34. The summed E-state index contributed by atoms with van der Waals surface area (Å²) in [5, 5.41) is 14.1. The lowest BCUT2D eigenvalue weighted by atomic mass is 9.85. The number of aromatic amines is 1. The molecule has 9 heteroatoms. The van der Waals surface area contributed by atoms with Crippen molar-refractivity contribution in [2.24, 2.45) is 4.99 Å². The second kappa shape index (κ2) is 13.0. The van der Waals surface area contributed by atoms with Crippen LogP contribution in [0, 0.1) is 20.8 Å². The van der Waals surface area contributed by atoms with E-state index in [4.69, 9.17) is 11.6 Å². The van der Waals surface area contributed by atoms with E-state index in [1.54, 1.807) is 6.20 Å². The van der Waals surface area contributed by atoms with Gasteiger partial charge in [0.1, 0.15) is 5.02 Å². The summed E-state index contributed by atoms with van der Waals surface area (Å²) in [6, 6.07) is 6.41. The summed E-state index contributed by atoms with van der Waals surface area (Å²) >= 11 is 6.33. The quantitative estimate of drug-likeness (QED) is 0.186. The normalized spacial score (nSPS) is 15.2. The van der Waals surface area contributed by atoms with Gasteiger partial charge in [0.25, 0.3) is 0 Å². The maximum Gasteiger partial charge on any atom is 0.229 e. The molecule has 3 N–H and O–H groups in total. The number of hydrogen-bond acceptors (Lipinski definition) is 7. The number of hydrogen-bond donors (Lipinski definition) is 3. The van der Waals surface area contributed by atoms with Crippen LogP contribution in [0.1, 0.15) is 54.5 Å². The Kier molecular flexibility index (Phi) is 9.54. The van der Waals surface area contributed by atoms with Crippen LogP contribution in [0.25, 0.3) is 0 Å². The molecule has 1 saturated heterocycles. The zero-order valence-corrected chi connectivity index (χ0v) is 24.4. The molecule has 1 aromatic carbocycles. The highest BCUT2D eigenvalue weighted by molar-refractivity contribution is 6.32. The first-order chi connectivity index (χ1) is 18.7. The Morgan fingerprint density at radius 2 is 1.95 bits per heavy atom. The predicted octanol–water partition coefficient (Wildman–Crippen LogP) is 7.04. The molecule has 0 radical (unpaired) electrons. The van der Waals surface area contributed by atoms with Crippen molar-refractivity contribution in [3.63, 3.8) is 0 Å². The van der Waals surface area contributed by atoms with E-state index in [9.17, 15) is 0 Å². The van der Waals surface area contributed by atoms with Crippen LogP contribution in [-0.2, 0) is 0 Å². The third-order valence-corrected chi connectivity index (χ3v) is 7.40. The fourth-order valence-electron chi connectivity index (χ4n) is 4.97. The second-order valence-corrected chi connectivity index (χ2v) is 10.7. The van der Waals surface area contributed by atoms with Gasteiger partial charge in [0, 0.05) is 37.3 Å². The fraction of sp³-hybridized carbons (Fsp3) is 0.400. The lowest BCUT2D eigenvalue weighted by molar-refractivity contribution is 0.230. The zero-order valence-electron chi connectivity index (χ0n) is 23.6. The van der Waals surface area contributed by atoms with Crippen LogP contribution < -0.4 is 10.6 Å². The number of likely N-dealkylation sites (tertiary alicyclic amines) is 1. The number of allylic oxidation sites excluding steroid dienone is 2. The minimum Gasteiger partial charge on any atom is -0.324 e. The van der Waals surface area contributed by atoms with E-state index in [0.717, 1.165) is 61.4 Å². The molecule has 8 nitrogen and oxygen atoms in total. The largest absolute Gasteiger partial charge is 0.324 e. The average molecular weight is 547 g/mol. The maximum absolute atomic E-state index is 6.33. The van der Waals surface area contributed by atoms with Gasteiger partial charge in [-0.2, -0.15) is 10.1 Å². The van der Waals surface area contributed by atoms with Crippen molar-refractivity contribution in [1.29, 1.82) is 0 Å². The van der Waals surface area contributed by atoms with Gasteiger partial charge >= 0.3 is 0 Å². The number of anilines is 4. The number of rotatable bonds is 10. The molecular formula is C30H39ClN8. The Labute approximate surface area is 236 Å². The molecule has 0 saturated carbocycles. The molecule has 1 fully saturated rings. The molecule has 0 atom stereocenters. The number of aryl methyl sites for hydroxylation is 3. The molecule has 0 spiro atoms. The Morgan fingerprint density at radius 1 is 1.18 bits per heavy atom. The van der Waals surface area contributed by atoms with E-state index in [1.165, 1.54) is 16.7 Å². The van der Waals surface area contributed by atoms with Gasteiger partial charge in [-0.05, 0) is 87.4 Å². The molecule has 2 aromatic heterocycles. The highest BCUT2D eigenvalue weighted by atomic mass is 35.5. The molecule has 206 valence electrons. The van der Waals surface area contributed by atoms with Crippen LogP contribution in [0.5, 0.6) is 0 Å². The second-order valence-electron chi connectivity index (χ2n) is 10.3. The number of H-pyrrole nitrogens is 1. The van der Waals surface area contributed by atoms with Crippen LogP contribution in [0.15, 0.2) is 53.2 Å². The van der Waals surface area contributed by atoms with Crippen LogP contribution >= 0.6 is 11.6 Å². The number of nitrogens with zero attached hydrogens (tertiary/aromatic N) is 5. The number of piperidine rings is 1. The van der Waals surface area contributed by atoms with Gasteiger partial charge in [0.15, 0.2) is 11.6 Å². The van der Waals surface area contributed by atoms with E-state index in [2.05, 4.69) is 86.3 Å². The predicted molar refractivity (Wildman–Crippen MR) is 163 cm³/mol. The van der Waals surface area contributed by atoms with Gasteiger partial charge in [-0.3, -0.25) is 15.0 Å². The number of halogens is 1. The molecule has 0 unspecified atom stereocenters. The first-order valence-corrected chi connectivity index (χ1v) is 13.9. The molecule has 1 aliphatic heterocycles. The minimum absolute atomic E-state index is 0.427. The van der Waals surface area contributed by atoms with Gasteiger partial charge in [-0.15, -0.1) is 0 Å². The summed E-state index contributed by atoms with van der Waals surface area (Å²) in [6.45, 7) is 15.6. The SMILES string of the molecule is C=C(C=C(C=NC)CN1CCC(c2cc(C)c(Nc3ncc(Cl)c(Nc4cc(C)[nH]n4)n3)cc2C)CC1)CC. The summed E-state index contributed by atoms with van der Waals surface area (Å²) < 4.78 is 0. The molecule has 39 heavy (non-hydrogen) atoms. The Balaban J connectivity index is 1.42. The third-order valence-electron chi connectivity index (χ3n) is 7.13. The summed E-state index contributed by atoms with van der Waals surface area (Å²) in [5.74, 6) is 2.17. The number of aliphatic imine (C=N–C) groups is 1. The van der Waals surface area contributed by atoms with Crippen LogP contribution in [0.2, 0.25) is 5.02 Å². The number of benzene rings is 1. The van der Waals surface area contributed by atoms with Crippen molar-refractivity contribution in [3.8, 4) is 0 Å². The summed E-state index contributed by atoms with van der Waals surface area (Å²) in [6.07, 6.45) is 8.97. The van der Waals surface area contributed by atoms with Gasteiger partial charge in [0.2, 0.25) is 5.95 Å². The zero-order chi connectivity index (χ0) is 27.9. The molecule has 0 aliphatic carbocycles. The number of aromatic nitrogens is 4. The minimum atomic E-state index is 0.427. The van der Waals surface area contributed by atoms with E-state index in [0.29, 0.717) is 28.5 Å². The monoisotopic (exact) mass is 546 g/mol. The van der Waals surface area contributed by atoms with E-state index in [-0.39, 0.29) is 0 Å². The van der Waals surface area contributed by atoms with Crippen molar-refractivity contribution in [3.05, 3.63) is 75.6 Å². The van der Waals surface area contributed by atoms with Gasteiger partial charge in [-0.1, -0.05) is 42.8 Å². The molecule has 0 amide bonds. The van der Waals surface area contributed by atoms with Crippen molar-refractivity contribution in [2.75, 3.05) is 37.3 Å². The maximum atomic E-state index is 6.33. The Hall–Kier alpha value is -3.49. The van der Waals surface area contributed by atoms with Gasteiger partial charge in [-0.25, -0.2) is 4.98 Å². The van der Waals surface area contributed by atoms with Crippen molar-refractivity contribution in [2.45, 2.75) is 52.9 Å². The standard InChI is InChI=1S/C30H39ClN8/c1-7-19(2)12-23(16-32-6)18-39-10-8-24(9-11-39)25-13-21(4)27(14-20(25)3)34-30-33-17-26(31)29(36-30)35-28-15-22(5)37-38-28/h12-17,24H,2,7-11,18H2,1,3-6H3,(H3,33,34,35,36,37,38). The smallest absolute Gasteiger partial charge is 0.229 e. The van der Waals surface area contributed by atoms with Crippen molar-refractivity contribution in [1.82, 2.24) is 25.1 Å². The van der Waals surface area contributed by atoms with Crippen LogP contribution in [-0.4, -0.2) is 58.0 Å². The Morgan fingerprint density at radius 3 is 2.62 bits per heavy atom. The first kappa shape index (κ1) is 28.5. The van der Waals surface area contributed by atoms with Crippen LogP contribution in [0.4, 0.5) is 23.3 Å². The van der Waals surface area contributed by atoms with E-state index >= 15 is 0 Å². The third kappa shape index (κ3) is 7.55. The lowest BCUT2D eigenvalue weighted by Gasteiger charge is -2.33. The van der Waals surface area contributed by atoms with Gasteiger partial charge < -0.3 is 10.6 Å². The van der Waals surface area contributed by atoms with Crippen LogP contribution in [0.3, 0.4) is 0 Å². The first-order valence-electron chi connectivity index (χ1n) is 13.5. The van der Waals surface area contributed by atoms with E-state index in [1.807, 2.05) is 26.3 Å². The topological polar surface area (TPSA) is 94.1 Å². The summed E-state index contributed by atoms with van der Waals surface area (Å²) in [4.78, 5) is 15.7. The summed E-state index contributed by atoms with van der Waals surface area (Å²) in [5.41, 5.74) is 8.17. The molecule has 3 aromatic rings. The average Bonchev–Trinajstić information content (AvgIpc) is 3.33. The van der Waals surface area contributed by atoms with Crippen molar-refractivity contribution < 1.29 is 0 Å². The summed E-state index contributed by atoms with van der Waals surface area (Å²) in [7, 11) is 1.83. The molecule has 4 rings (SSSR count). The van der Waals surface area contributed by atoms with Crippen molar-refractivity contribution >= 4 is 41.1 Å². The molecule has 0 bridgehead atoms.